The normalized spacial score (nSPS) is 11.3. The van der Waals surface area contributed by atoms with Gasteiger partial charge in [0.25, 0.3) is 0 Å². The van der Waals surface area contributed by atoms with E-state index in [-0.39, 0.29) is 0 Å². The summed E-state index contributed by atoms with van der Waals surface area (Å²) in [6.45, 7) is 0. The molecule has 4 heteroatoms. The van der Waals surface area contributed by atoms with E-state index in [4.69, 9.17) is 19.4 Å². The highest BCUT2D eigenvalue weighted by atomic mass is 16.3. The van der Waals surface area contributed by atoms with Gasteiger partial charge in [-0.05, 0) is 63.7 Å². The summed E-state index contributed by atoms with van der Waals surface area (Å²) in [4.78, 5) is 15.3. The Morgan fingerprint density at radius 1 is 0.286 bits per heavy atom. The lowest BCUT2D eigenvalue weighted by molar-refractivity contribution is 0.669. The van der Waals surface area contributed by atoms with Crippen molar-refractivity contribution < 1.29 is 4.42 Å². The van der Waals surface area contributed by atoms with Crippen LogP contribution in [0.2, 0.25) is 0 Å². The lowest BCUT2D eigenvalue weighted by Gasteiger charge is -2.12. The lowest BCUT2D eigenvalue weighted by Crippen LogP contribution is -2.01. The van der Waals surface area contributed by atoms with Crippen molar-refractivity contribution >= 4 is 21.9 Å². The van der Waals surface area contributed by atoms with Gasteiger partial charge in [0.05, 0.1) is 0 Å². The molecule has 0 amide bonds. The molecular weight excluding hydrogens is 599 g/mol. The maximum Gasteiger partial charge on any atom is 0.164 e. The van der Waals surface area contributed by atoms with Crippen LogP contribution in [-0.2, 0) is 0 Å². The number of hydrogen-bond acceptors (Lipinski definition) is 4. The number of hydrogen-bond donors (Lipinski definition) is 0. The van der Waals surface area contributed by atoms with E-state index in [0.29, 0.717) is 17.5 Å². The first-order valence-electron chi connectivity index (χ1n) is 16.4. The molecule has 230 valence electrons. The first-order chi connectivity index (χ1) is 24.3. The molecule has 0 bridgehead atoms. The highest BCUT2D eigenvalue weighted by molar-refractivity contribution is 6.06. The van der Waals surface area contributed by atoms with Crippen LogP contribution in [0.25, 0.3) is 89.5 Å². The summed E-state index contributed by atoms with van der Waals surface area (Å²) < 4.78 is 6.48. The number of furan rings is 1. The fourth-order valence-electron chi connectivity index (χ4n) is 6.50. The molecular formula is C45H29N3O. The van der Waals surface area contributed by atoms with Crippen molar-refractivity contribution in [3.63, 3.8) is 0 Å². The standard InChI is InChI=1S/C45H29N3O/c1-4-13-30(14-5-1)33-19-12-20-35(27-33)43-46-44(48-45(47-43)40-22-11-10-21-37(40)32-17-8-3-9-18-32)36-24-26-39-38-25-23-34(31-15-6-2-7-16-31)28-41(38)49-42(39)29-36/h1-29H. The lowest BCUT2D eigenvalue weighted by atomic mass is 9.99. The largest absolute Gasteiger partial charge is 0.456 e. The van der Waals surface area contributed by atoms with Crippen molar-refractivity contribution in [2.24, 2.45) is 0 Å². The van der Waals surface area contributed by atoms with Gasteiger partial charge in [-0.15, -0.1) is 0 Å². The van der Waals surface area contributed by atoms with Gasteiger partial charge in [-0.3, -0.25) is 0 Å². The Hall–Kier alpha value is -6.65. The minimum Gasteiger partial charge on any atom is -0.456 e. The molecule has 0 radical (unpaired) electrons. The van der Waals surface area contributed by atoms with E-state index in [1.807, 2.05) is 30.3 Å². The van der Waals surface area contributed by atoms with Crippen molar-refractivity contribution in [1.29, 1.82) is 0 Å². The Morgan fingerprint density at radius 3 is 1.35 bits per heavy atom. The molecule has 0 aliphatic heterocycles. The van der Waals surface area contributed by atoms with Gasteiger partial charge in [0.15, 0.2) is 17.5 Å². The molecule has 0 saturated heterocycles. The third kappa shape index (κ3) is 5.45. The topological polar surface area (TPSA) is 51.8 Å². The third-order valence-corrected chi connectivity index (χ3v) is 8.95. The fourth-order valence-corrected chi connectivity index (χ4v) is 6.50. The monoisotopic (exact) mass is 627 g/mol. The molecule has 0 unspecified atom stereocenters. The Bertz CT molecular complexity index is 2590. The number of fused-ring (bicyclic) bond motifs is 3. The molecule has 0 saturated carbocycles. The van der Waals surface area contributed by atoms with Gasteiger partial charge in [-0.2, -0.15) is 0 Å². The minimum atomic E-state index is 0.584. The van der Waals surface area contributed by atoms with Crippen LogP contribution in [0.4, 0.5) is 0 Å². The minimum absolute atomic E-state index is 0.584. The SMILES string of the molecule is c1ccc(-c2cccc(-c3nc(-c4ccc5c(c4)oc4cc(-c6ccccc6)ccc45)nc(-c4ccccc4-c4ccccc4)n3)c2)cc1. The highest BCUT2D eigenvalue weighted by Gasteiger charge is 2.17. The molecule has 0 N–H and O–H groups in total. The summed E-state index contributed by atoms with van der Waals surface area (Å²) in [7, 11) is 0. The van der Waals surface area contributed by atoms with E-state index < -0.39 is 0 Å². The second-order valence-electron chi connectivity index (χ2n) is 12.1. The second kappa shape index (κ2) is 12.2. The molecule has 9 aromatic rings. The predicted molar refractivity (Wildman–Crippen MR) is 200 cm³/mol. The summed E-state index contributed by atoms with van der Waals surface area (Å²) in [5.74, 6) is 1.81. The Labute approximate surface area is 284 Å². The number of aromatic nitrogens is 3. The first-order valence-corrected chi connectivity index (χ1v) is 16.4. The molecule has 0 aliphatic rings. The van der Waals surface area contributed by atoms with E-state index in [1.54, 1.807) is 0 Å². The summed E-state index contributed by atoms with van der Waals surface area (Å²) >= 11 is 0. The average molecular weight is 628 g/mol. The molecule has 2 aromatic heterocycles. The Balaban J connectivity index is 1.21. The van der Waals surface area contributed by atoms with Crippen molar-refractivity contribution in [3.05, 3.63) is 176 Å². The van der Waals surface area contributed by atoms with Gasteiger partial charge >= 0.3 is 0 Å². The number of nitrogens with zero attached hydrogens (tertiary/aromatic N) is 3. The Kier molecular flexibility index (Phi) is 7.10. The number of benzene rings is 7. The quantitative estimate of drug-likeness (QED) is 0.184. The van der Waals surface area contributed by atoms with Gasteiger partial charge in [-0.1, -0.05) is 146 Å². The zero-order chi connectivity index (χ0) is 32.6. The van der Waals surface area contributed by atoms with Crippen LogP contribution >= 0.6 is 0 Å². The van der Waals surface area contributed by atoms with Crippen LogP contribution in [-0.4, -0.2) is 15.0 Å². The molecule has 0 aliphatic carbocycles. The van der Waals surface area contributed by atoms with E-state index in [9.17, 15) is 0 Å². The summed E-state index contributed by atoms with van der Waals surface area (Å²) in [6, 6.07) is 60.4. The van der Waals surface area contributed by atoms with Crippen LogP contribution in [0.5, 0.6) is 0 Å². The van der Waals surface area contributed by atoms with Gasteiger partial charge in [-0.25, -0.2) is 15.0 Å². The second-order valence-corrected chi connectivity index (χ2v) is 12.1. The van der Waals surface area contributed by atoms with Crippen molar-refractivity contribution in [2.45, 2.75) is 0 Å². The van der Waals surface area contributed by atoms with Gasteiger partial charge < -0.3 is 4.42 Å². The Morgan fingerprint density at radius 2 is 0.714 bits per heavy atom. The van der Waals surface area contributed by atoms with E-state index >= 15 is 0 Å². The van der Waals surface area contributed by atoms with Crippen LogP contribution < -0.4 is 0 Å². The molecule has 49 heavy (non-hydrogen) atoms. The van der Waals surface area contributed by atoms with Gasteiger partial charge in [0.2, 0.25) is 0 Å². The molecule has 0 fully saturated rings. The van der Waals surface area contributed by atoms with Gasteiger partial charge in [0.1, 0.15) is 11.2 Å². The number of rotatable bonds is 6. The molecule has 0 atom stereocenters. The van der Waals surface area contributed by atoms with Crippen LogP contribution in [0.1, 0.15) is 0 Å². The first kappa shape index (κ1) is 28.6. The average Bonchev–Trinajstić information content (AvgIpc) is 3.56. The summed E-state index contributed by atoms with van der Waals surface area (Å²) in [6.07, 6.45) is 0. The molecule has 0 spiro atoms. The molecule has 4 nitrogen and oxygen atoms in total. The maximum absolute atomic E-state index is 6.48. The zero-order valence-corrected chi connectivity index (χ0v) is 26.5. The van der Waals surface area contributed by atoms with Crippen molar-refractivity contribution in [2.75, 3.05) is 0 Å². The van der Waals surface area contributed by atoms with Crippen molar-refractivity contribution in [1.82, 2.24) is 15.0 Å². The third-order valence-electron chi connectivity index (χ3n) is 8.95. The van der Waals surface area contributed by atoms with Crippen molar-refractivity contribution in [3.8, 4) is 67.5 Å². The van der Waals surface area contributed by atoms with E-state index in [1.165, 1.54) is 0 Å². The smallest absolute Gasteiger partial charge is 0.164 e. The molecule has 2 heterocycles. The molecule has 7 aromatic carbocycles. The summed E-state index contributed by atoms with van der Waals surface area (Å²) in [5.41, 5.74) is 11.0. The van der Waals surface area contributed by atoms with Crippen LogP contribution in [0.3, 0.4) is 0 Å². The van der Waals surface area contributed by atoms with Crippen LogP contribution in [0, 0.1) is 0 Å². The van der Waals surface area contributed by atoms with Crippen LogP contribution in [0.15, 0.2) is 180 Å². The highest BCUT2D eigenvalue weighted by Crippen LogP contribution is 2.36. The fraction of sp³-hybridized carbons (Fsp3) is 0. The predicted octanol–water partition coefficient (Wildman–Crippen LogP) is 11.8. The van der Waals surface area contributed by atoms with E-state index in [2.05, 4.69) is 146 Å². The zero-order valence-electron chi connectivity index (χ0n) is 26.5. The molecule has 9 rings (SSSR count). The van der Waals surface area contributed by atoms with Gasteiger partial charge in [0, 0.05) is 27.5 Å². The van der Waals surface area contributed by atoms with E-state index in [0.717, 1.165) is 72.0 Å². The summed E-state index contributed by atoms with van der Waals surface area (Å²) in [5, 5.41) is 2.13. The maximum atomic E-state index is 6.48.